The molecule has 2 atom stereocenters. The van der Waals surface area contributed by atoms with E-state index in [0.29, 0.717) is 12.6 Å². The number of rotatable bonds is 2. The number of anilines is 1. The lowest BCUT2D eigenvalue weighted by atomic mass is 10.1. The number of hydrogen-bond donors (Lipinski definition) is 1. The molecule has 1 saturated heterocycles. The van der Waals surface area contributed by atoms with Crippen LogP contribution in [0.15, 0.2) is 12.3 Å². The van der Waals surface area contributed by atoms with E-state index < -0.39 is 0 Å². The van der Waals surface area contributed by atoms with Gasteiger partial charge in [-0.1, -0.05) is 0 Å². The fourth-order valence-electron chi connectivity index (χ4n) is 2.94. The van der Waals surface area contributed by atoms with E-state index in [4.69, 9.17) is 5.73 Å². The topological polar surface area (TPSA) is 55.0 Å². The summed E-state index contributed by atoms with van der Waals surface area (Å²) in [6, 6.07) is 2.67. The zero-order valence-corrected chi connectivity index (χ0v) is 8.76. The van der Waals surface area contributed by atoms with Crippen molar-refractivity contribution in [2.75, 3.05) is 11.4 Å². The van der Waals surface area contributed by atoms with Crippen LogP contribution in [0.5, 0.6) is 0 Å². The molecule has 80 valence electrons. The highest BCUT2D eigenvalue weighted by Gasteiger charge is 2.39. The molecule has 0 radical (unpaired) electrons. The Morgan fingerprint density at radius 3 is 3.07 bits per heavy atom. The van der Waals surface area contributed by atoms with Crippen LogP contribution in [0, 0.1) is 5.92 Å². The molecular formula is C11H16N4. The lowest BCUT2D eigenvalue weighted by Crippen LogP contribution is -2.33. The summed E-state index contributed by atoms with van der Waals surface area (Å²) >= 11 is 0. The maximum absolute atomic E-state index is 5.72. The van der Waals surface area contributed by atoms with E-state index in [1.165, 1.54) is 19.3 Å². The van der Waals surface area contributed by atoms with Crippen molar-refractivity contribution in [3.8, 4) is 0 Å². The Bertz CT molecular complexity index is 365. The third-order valence-electron chi connectivity index (χ3n) is 3.68. The van der Waals surface area contributed by atoms with Crippen LogP contribution in [-0.2, 0) is 6.54 Å². The van der Waals surface area contributed by atoms with Crippen molar-refractivity contribution in [2.24, 2.45) is 11.7 Å². The Hall–Kier alpha value is -1.16. The van der Waals surface area contributed by atoms with Gasteiger partial charge < -0.3 is 10.6 Å². The first kappa shape index (κ1) is 9.09. The number of aromatic nitrogens is 2. The molecule has 1 aliphatic carbocycles. The largest absolute Gasteiger partial charge is 0.352 e. The van der Waals surface area contributed by atoms with E-state index in [1.54, 1.807) is 6.20 Å². The van der Waals surface area contributed by atoms with Crippen LogP contribution < -0.4 is 10.6 Å². The summed E-state index contributed by atoms with van der Waals surface area (Å²) in [4.78, 5) is 2.41. The second-order valence-corrected chi connectivity index (χ2v) is 4.57. The fraction of sp³-hybridized carbons (Fsp3) is 0.636. The molecule has 1 aliphatic heterocycles. The molecule has 2 unspecified atom stereocenters. The van der Waals surface area contributed by atoms with Crippen LogP contribution in [-0.4, -0.2) is 22.8 Å². The van der Waals surface area contributed by atoms with Crippen molar-refractivity contribution >= 4 is 5.82 Å². The summed E-state index contributed by atoms with van der Waals surface area (Å²) in [6.07, 6.45) is 5.76. The summed E-state index contributed by atoms with van der Waals surface area (Å²) in [5.74, 6) is 1.90. The van der Waals surface area contributed by atoms with Gasteiger partial charge in [0.05, 0.1) is 6.20 Å². The summed E-state index contributed by atoms with van der Waals surface area (Å²) in [6.45, 7) is 1.70. The minimum Gasteiger partial charge on any atom is -0.352 e. The van der Waals surface area contributed by atoms with Gasteiger partial charge in [0.15, 0.2) is 5.82 Å². The quantitative estimate of drug-likeness (QED) is 0.778. The van der Waals surface area contributed by atoms with Gasteiger partial charge in [0.25, 0.3) is 0 Å². The zero-order valence-electron chi connectivity index (χ0n) is 8.76. The van der Waals surface area contributed by atoms with Gasteiger partial charge in [0, 0.05) is 24.7 Å². The third kappa shape index (κ3) is 1.40. The smallest absolute Gasteiger partial charge is 0.156 e. The van der Waals surface area contributed by atoms with E-state index in [0.717, 1.165) is 23.8 Å². The average Bonchev–Trinajstić information content (AvgIpc) is 2.90. The first-order chi connectivity index (χ1) is 7.38. The van der Waals surface area contributed by atoms with Crippen LogP contribution in [0.1, 0.15) is 24.8 Å². The summed E-state index contributed by atoms with van der Waals surface area (Å²) < 4.78 is 0. The van der Waals surface area contributed by atoms with E-state index in [2.05, 4.69) is 15.1 Å². The maximum atomic E-state index is 5.72. The normalized spacial score (nSPS) is 28.7. The first-order valence-electron chi connectivity index (χ1n) is 5.65. The molecule has 2 fully saturated rings. The monoisotopic (exact) mass is 204 g/mol. The highest BCUT2D eigenvalue weighted by atomic mass is 15.3. The van der Waals surface area contributed by atoms with Crippen LogP contribution in [0.25, 0.3) is 0 Å². The Labute approximate surface area is 89.5 Å². The molecule has 0 spiro atoms. The van der Waals surface area contributed by atoms with Crippen molar-refractivity contribution in [3.05, 3.63) is 17.8 Å². The van der Waals surface area contributed by atoms with Gasteiger partial charge in [-0.05, 0) is 31.2 Å². The number of hydrogen-bond acceptors (Lipinski definition) is 4. The van der Waals surface area contributed by atoms with Gasteiger partial charge in [0.1, 0.15) is 0 Å². The summed E-state index contributed by atoms with van der Waals surface area (Å²) in [5, 5.41) is 8.22. The van der Waals surface area contributed by atoms with Crippen LogP contribution in [0.2, 0.25) is 0 Å². The average molecular weight is 204 g/mol. The Morgan fingerprint density at radius 2 is 2.40 bits per heavy atom. The number of nitrogens with zero attached hydrogens (tertiary/aromatic N) is 3. The van der Waals surface area contributed by atoms with E-state index in [1.807, 2.05) is 6.07 Å². The SMILES string of the molecule is NCc1ccnnc1N1CC2CCC1C2. The number of fused-ring (bicyclic) bond motifs is 2. The molecule has 2 N–H and O–H groups in total. The lowest BCUT2D eigenvalue weighted by Gasteiger charge is -2.28. The van der Waals surface area contributed by atoms with Crippen molar-refractivity contribution in [1.29, 1.82) is 0 Å². The van der Waals surface area contributed by atoms with Crippen LogP contribution >= 0.6 is 0 Å². The van der Waals surface area contributed by atoms with Crippen LogP contribution in [0.3, 0.4) is 0 Å². The molecule has 2 aliphatic rings. The third-order valence-corrected chi connectivity index (χ3v) is 3.68. The summed E-state index contributed by atoms with van der Waals surface area (Å²) in [7, 11) is 0. The summed E-state index contributed by atoms with van der Waals surface area (Å²) in [5.41, 5.74) is 6.84. The van der Waals surface area contributed by atoms with Gasteiger partial charge in [-0.25, -0.2) is 0 Å². The molecule has 0 amide bonds. The molecule has 3 rings (SSSR count). The molecule has 2 heterocycles. The van der Waals surface area contributed by atoms with E-state index >= 15 is 0 Å². The second-order valence-electron chi connectivity index (χ2n) is 4.57. The van der Waals surface area contributed by atoms with Crippen LogP contribution in [0.4, 0.5) is 5.82 Å². The number of piperidine rings is 1. The predicted molar refractivity (Wildman–Crippen MR) is 58.4 cm³/mol. The van der Waals surface area contributed by atoms with Crippen molar-refractivity contribution in [3.63, 3.8) is 0 Å². The molecule has 0 aromatic carbocycles. The Morgan fingerprint density at radius 1 is 1.47 bits per heavy atom. The second kappa shape index (κ2) is 3.45. The fourth-order valence-corrected chi connectivity index (χ4v) is 2.94. The molecule has 1 aromatic heterocycles. The minimum atomic E-state index is 0.554. The molecule has 4 heteroatoms. The van der Waals surface area contributed by atoms with Gasteiger partial charge >= 0.3 is 0 Å². The highest BCUT2D eigenvalue weighted by molar-refractivity contribution is 5.48. The number of nitrogens with two attached hydrogens (primary N) is 1. The van der Waals surface area contributed by atoms with Crippen molar-refractivity contribution < 1.29 is 0 Å². The van der Waals surface area contributed by atoms with Crippen molar-refractivity contribution in [1.82, 2.24) is 10.2 Å². The van der Waals surface area contributed by atoms with Crippen molar-refractivity contribution in [2.45, 2.75) is 31.8 Å². The van der Waals surface area contributed by atoms with Gasteiger partial charge in [-0.15, -0.1) is 5.10 Å². The molecular weight excluding hydrogens is 188 g/mol. The highest BCUT2D eigenvalue weighted by Crippen LogP contribution is 2.40. The molecule has 1 saturated carbocycles. The predicted octanol–water partition coefficient (Wildman–Crippen LogP) is 0.924. The molecule has 2 bridgehead atoms. The van der Waals surface area contributed by atoms with Gasteiger partial charge in [-0.2, -0.15) is 5.10 Å². The molecule has 1 aromatic rings. The lowest BCUT2D eigenvalue weighted by molar-refractivity contribution is 0.547. The molecule has 15 heavy (non-hydrogen) atoms. The van der Waals surface area contributed by atoms with Gasteiger partial charge in [-0.3, -0.25) is 0 Å². The minimum absolute atomic E-state index is 0.554. The Balaban J connectivity index is 1.92. The zero-order chi connectivity index (χ0) is 10.3. The van der Waals surface area contributed by atoms with E-state index in [-0.39, 0.29) is 0 Å². The standard InChI is InChI=1S/C11H16N4/c12-6-9-3-4-13-14-11(9)15-7-8-1-2-10(15)5-8/h3-4,8,10H,1-2,5-7,12H2. The molecule has 4 nitrogen and oxygen atoms in total. The Kier molecular flexibility index (Phi) is 2.09. The first-order valence-corrected chi connectivity index (χ1v) is 5.65. The van der Waals surface area contributed by atoms with Gasteiger partial charge in [0.2, 0.25) is 0 Å². The van der Waals surface area contributed by atoms with E-state index in [9.17, 15) is 0 Å². The maximum Gasteiger partial charge on any atom is 0.156 e.